The number of anilines is 2. The fourth-order valence-corrected chi connectivity index (χ4v) is 2.13. The van der Waals surface area contributed by atoms with Crippen molar-refractivity contribution in [3.8, 4) is 6.07 Å². The van der Waals surface area contributed by atoms with E-state index < -0.39 is 5.97 Å². The van der Waals surface area contributed by atoms with Crippen LogP contribution in [-0.4, -0.2) is 17.6 Å². The molecule has 0 fully saturated rings. The molecule has 2 rings (SSSR count). The maximum atomic E-state index is 11.7. The number of rotatable bonds is 4. The SMILES string of the molecule is CCOC(=O)c1ncsc1Nc1ccc(C#N)cc1. The molecule has 2 aromatic rings. The number of esters is 1. The highest BCUT2D eigenvalue weighted by atomic mass is 32.1. The lowest BCUT2D eigenvalue weighted by molar-refractivity contribution is 0.0521. The first kappa shape index (κ1) is 13.1. The molecule has 1 N–H and O–H groups in total. The van der Waals surface area contributed by atoms with Crippen LogP contribution in [0.4, 0.5) is 10.7 Å². The summed E-state index contributed by atoms with van der Waals surface area (Å²) in [4.78, 5) is 15.6. The number of thiazole rings is 1. The maximum absolute atomic E-state index is 11.7. The Morgan fingerprint density at radius 2 is 2.21 bits per heavy atom. The topological polar surface area (TPSA) is 75.0 Å². The highest BCUT2D eigenvalue weighted by molar-refractivity contribution is 7.14. The zero-order chi connectivity index (χ0) is 13.7. The summed E-state index contributed by atoms with van der Waals surface area (Å²) < 4.78 is 4.92. The van der Waals surface area contributed by atoms with E-state index in [1.165, 1.54) is 11.3 Å². The Kier molecular flexibility index (Phi) is 4.11. The second-order valence-corrected chi connectivity index (χ2v) is 4.42. The van der Waals surface area contributed by atoms with Crippen LogP contribution in [0.3, 0.4) is 0 Å². The molecule has 0 aliphatic rings. The molecule has 6 heteroatoms. The summed E-state index contributed by atoms with van der Waals surface area (Å²) in [7, 11) is 0. The average molecular weight is 273 g/mol. The lowest BCUT2D eigenvalue weighted by Gasteiger charge is -2.05. The number of carbonyl (C=O) groups is 1. The highest BCUT2D eigenvalue weighted by Gasteiger charge is 2.16. The van der Waals surface area contributed by atoms with Crippen LogP contribution in [0.1, 0.15) is 23.0 Å². The van der Waals surface area contributed by atoms with Crippen LogP contribution in [0.15, 0.2) is 29.8 Å². The highest BCUT2D eigenvalue weighted by Crippen LogP contribution is 2.25. The molecular weight excluding hydrogens is 262 g/mol. The number of hydrogen-bond acceptors (Lipinski definition) is 6. The van der Waals surface area contributed by atoms with Gasteiger partial charge in [-0.05, 0) is 31.2 Å². The zero-order valence-corrected chi connectivity index (χ0v) is 11.0. The van der Waals surface area contributed by atoms with Crippen molar-refractivity contribution in [2.24, 2.45) is 0 Å². The Balaban J connectivity index is 2.17. The van der Waals surface area contributed by atoms with Gasteiger partial charge in [-0.1, -0.05) is 0 Å². The molecule has 0 radical (unpaired) electrons. The third-order valence-corrected chi connectivity index (χ3v) is 3.05. The van der Waals surface area contributed by atoms with Crippen LogP contribution in [0.5, 0.6) is 0 Å². The van der Waals surface area contributed by atoms with Gasteiger partial charge in [0.15, 0.2) is 5.69 Å². The number of nitrogens with zero attached hydrogens (tertiary/aromatic N) is 2. The number of nitrogens with one attached hydrogen (secondary N) is 1. The second-order valence-electron chi connectivity index (χ2n) is 3.56. The van der Waals surface area contributed by atoms with Crippen LogP contribution in [0, 0.1) is 11.3 Å². The molecule has 0 saturated carbocycles. The summed E-state index contributed by atoms with van der Waals surface area (Å²) in [5.74, 6) is -0.445. The third-order valence-electron chi connectivity index (χ3n) is 2.31. The Morgan fingerprint density at radius 3 is 2.84 bits per heavy atom. The van der Waals surface area contributed by atoms with Crippen molar-refractivity contribution in [2.75, 3.05) is 11.9 Å². The molecule has 0 atom stereocenters. The van der Waals surface area contributed by atoms with Crippen LogP contribution >= 0.6 is 11.3 Å². The molecule has 0 saturated heterocycles. The normalized spacial score (nSPS) is 9.68. The van der Waals surface area contributed by atoms with Crippen LogP contribution in [0.2, 0.25) is 0 Å². The molecule has 0 aliphatic carbocycles. The van der Waals surface area contributed by atoms with E-state index in [9.17, 15) is 4.79 Å². The first-order chi connectivity index (χ1) is 9.24. The number of aromatic nitrogens is 1. The van der Waals surface area contributed by atoms with E-state index in [1.807, 2.05) is 6.07 Å². The second kappa shape index (κ2) is 5.98. The van der Waals surface area contributed by atoms with Gasteiger partial charge in [-0.15, -0.1) is 11.3 Å². The number of ether oxygens (including phenoxy) is 1. The molecule has 1 heterocycles. The number of benzene rings is 1. The van der Waals surface area contributed by atoms with Crippen molar-refractivity contribution in [1.29, 1.82) is 5.26 Å². The molecule has 19 heavy (non-hydrogen) atoms. The minimum absolute atomic E-state index is 0.274. The number of nitriles is 1. The third kappa shape index (κ3) is 3.09. The molecule has 1 aromatic carbocycles. The van der Waals surface area contributed by atoms with Crippen molar-refractivity contribution >= 4 is 28.0 Å². The van der Waals surface area contributed by atoms with Crippen LogP contribution in [-0.2, 0) is 4.74 Å². The van der Waals surface area contributed by atoms with Gasteiger partial charge in [-0.2, -0.15) is 5.26 Å². The molecule has 0 bridgehead atoms. The maximum Gasteiger partial charge on any atom is 0.360 e. The molecule has 1 aromatic heterocycles. The van der Waals surface area contributed by atoms with Gasteiger partial charge in [0.1, 0.15) is 5.00 Å². The predicted molar refractivity (Wildman–Crippen MR) is 72.5 cm³/mol. The van der Waals surface area contributed by atoms with E-state index in [0.717, 1.165) is 5.69 Å². The Hall–Kier alpha value is -2.39. The van der Waals surface area contributed by atoms with Gasteiger partial charge in [0.2, 0.25) is 0 Å². The minimum Gasteiger partial charge on any atom is -0.461 e. The molecule has 5 nitrogen and oxygen atoms in total. The molecule has 0 amide bonds. The van der Waals surface area contributed by atoms with Gasteiger partial charge in [0.25, 0.3) is 0 Å². The van der Waals surface area contributed by atoms with Gasteiger partial charge in [0.05, 0.1) is 23.8 Å². The molecular formula is C13H11N3O2S. The molecule has 96 valence electrons. The largest absolute Gasteiger partial charge is 0.461 e. The van der Waals surface area contributed by atoms with Crippen molar-refractivity contribution < 1.29 is 9.53 Å². The Bertz CT molecular complexity index is 614. The van der Waals surface area contributed by atoms with Gasteiger partial charge >= 0.3 is 5.97 Å². The standard InChI is InChI=1S/C13H11N3O2S/c1-2-18-13(17)11-12(19-8-15-11)16-10-5-3-9(7-14)4-6-10/h3-6,8,16H,2H2,1H3. The lowest BCUT2D eigenvalue weighted by Crippen LogP contribution is -2.07. The first-order valence-corrected chi connectivity index (χ1v) is 6.50. The monoisotopic (exact) mass is 273 g/mol. The molecule has 0 spiro atoms. The van der Waals surface area contributed by atoms with E-state index in [0.29, 0.717) is 17.2 Å². The summed E-state index contributed by atoms with van der Waals surface area (Å²) in [5, 5.41) is 12.4. The first-order valence-electron chi connectivity index (χ1n) is 5.62. The van der Waals surface area contributed by atoms with E-state index in [4.69, 9.17) is 10.00 Å². The van der Waals surface area contributed by atoms with Gasteiger partial charge in [-0.25, -0.2) is 9.78 Å². The van der Waals surface area contributed by atoms with E-state index in [2.05, 4.69) is 10.3 Å². The summed E-state index contributed by atoms with van der Waals surface area (Å²) in [5.41, 5.74) is 3.23. The Morgan fingerprint density at radius 1 is 1.47 bits per heavy atom. The summed E-state index contributed by atoms with van der Waals surface area (Å²) in [6.45, 7) is 2.06. The van der Waals surface area contributed by atoms with E-state index >= 15 is 0 Å². The van der Waals surface area contributed by atoms with Crippen LogP contribution in [0.25, 0.3) is 0 Å². The molecule has 0 unspecified atom stereocenters. The lowest BCUT2D eigenvalue weighted by atomic mass is 10.2. The van der Waals surface area contributed by atoms with Gasteiger partial charge in [-0.3, -0.25) is 0 Å². The number of carbonyl (C=O) groups excluding carboxylic acids is 1. The quantitative estimate of drug-likeness (QED) is 0.867. The number of hydrogen-bond donors (Lipinski definition) is 1. The summed E-state index contributed by atoms with van der Waals surface area (Å²) in [6, 6.07) is 8.99. The fraction of sp³-hybridized carbons (Fsp3) is 0.154. The van der Waals surface area contributed by atoms with Crippen molar-refractivity contribution in [2.45, 2.75) is 6.92 Å². The summed E-state index contributed by atoms with van der Waals surface area (Å²) >= 11 is 1.32. The van der Waals surface area contributed by atoms with E-state index in [-0.39, 0.29) is 5.69 Å². The van der Waals surface area contributed by atoms with E-state index in [1.54, 1.807) is 36.7 Å². The minimum atomic E-state index is -0.445. The summed E-state index contributed by atoms with van der Waals surface area (Å²) in [6.07, 6.45) is 0. The molecule has 0 aliphatic heterocycles. The van der Waals surface area contributed by atoms with Crippen molar-refractivity contribution in [3.05, 3.63) is 41.0 Å². The van der Waals surface area contributed by atoms with Gasteiger partial charge < -0.3 is 10.1 Å². The van der Waals surface area contributed by atoms with Crippen molar-refractivity contribution in [1.82, 2.24) is 4.98 Å². The average Bonchev–Trinajstić information content (AvgIpc) is 2.88. The fourth-order valence-electron chi connectivity index (χ4n) is 1.44. The zero-order valence-electron chi connectivity index (χ0n) is 10.2. The Labute approximate surface area is 114 Å². The predicted octanol–water partition coefficient (Wildman–Crippen LogP) is 2.94. The van der Waals surface area contributed by atoms with Crippen LogP contribution < -0.4 is 5.32 Å². The van der Waals surface area contributed by atoms with Crippen molar-refractivity contribution in [3.63, 3.8) is 0 Å². The smallest absolute Gasteiger partial charge is 0.360 e. The van der Waals surface area contributed by atoms with Gasteiger partial charge in [0, 0.05) is 5.69 Å².